The van der Waals surface area contributed by atoms with Crippen LogP contribution in [0.3, 0.4) is 0 Å². The van der Waals surface area contributed by atoms with Crippen LogP contribution in [0.2, 0.25) is 0 Å². The van der Waals surface area contributed by atoms with Crippen LogP contribution >= 0.6 is 0 Å². The van der Waals surface area contributed by atoms with Gasteiger partial charge in [-0.1, -0.05) is 24.3 Å². The van der Waals surface area contributed by atoms with E-state index in [0.29, 0.717) is 19.8 Å². The van der Waals surface area contributed by atoms with Gasteiger partial charge in [0.2, 0.25) is 0 Å². The zero-order valence-electron chi connectivity index (χ0n) is 12.6. The van der Waals surface area contributed by atoms with Gasteiger partial charge >= 0.3 is 0 Å². The number of hydrogen-bond donors (Lipinski definition) is 0. The number of benzene rings is 1. The molecule has 4 nitrogen and oxygen atoms in total. The smallest absolute Gasteiger partial charge is 0.157 e. The van der Waals surface area contributed by atoms with E-state index < -0.39 is 0 Å². The van der Waals surface area contributed by atoms with E-state index in [4.69, 9.17) is 18.9 Å². The second kappa shape index (κ2) is 9.55. The van der Waals surface area contributed by atoms with Crippen molar-refractivity contribution in [1.29, 1.82) is 0 Å². The standard InChI is InChI=1S/C17H24O4/c1-18-16-9-7-15(8-10-16)14-19-11-4-5-13-21-17-6-2-3-12-20-17/h4-5,7-10,17H,2-3,6,11-14H2,1H3/b5-4+. The number of rotatable bonds is 8. The SMILES string of the molecule is COc1ccc(COC/C=C/COC2CCCCO2)cc1. The van der Waals surface area contributed by atoms with E-state index in [2.05, 4.69) is 0 Å². The lowest BCUT2D eigenvalue weighted by molar-refractivity contribution is -0.155. The second-order valence-electron chi connectivity index (χ2n) is 4.96. The molecule has 0 radical (unpaired) electrons. The fourth-order valence-electron chi connectivity index (χ4n) is 2.11. The summed E-state index contributed by atoms with van der Waals surface area (Å²) in [6.07, 6.45) is 7.28. The van der Waals surface area contributed by atoms with Gasteiger partial charge in [0.25, 0.3) is 0 Å². The molecule has 1 aromatic rings. The van der Waals surface area contributed by atoms with Crippen LogP contribution in [0, 0.1) is 0 Å². The molecule has 0 spiro atoms. The molecule has 0 amide bonds. The van der Waals surface area contributed by atoms with Crippen molar-refractivity contribution in [2.75, 3.05) is 26.9 Å². The third-order valence-corrected chi connectivity index (χ3v) is 3.32. The molecular formula is C17H24O4. The average Bonchev–Trinajstić information content (AvgIpc) is 2.55. The molecule has 0 bridgehead atoms. The molecule has 1 aliphatic rings. The molecule has 1 atom stereocenters. The normalized spacial score (nSPS) is 19.0. The minimum atomic E-state index is -0.0244. The molecule has 4 heteroatoms. The lowest BCUT2D eigenvalue weighted by atomic mass is 10.2. The van der Waals surface area contributed by atoms with Crippen molar-refractivity contribution >= 4 is 0 Å². The van der Waals surface area contributed by atoms with E-state index >= 15 is 0 Å². The summed E-state index contributed by atoms with van der Waals surface area (Å²) < 4.78 is 21.8. The van der Waals surface area contributed by atoms with E-state index in [9.17, 15) is 0 Å². The van der Waals surface area contributed by atoms with Crippen LogP contribution in [0.15, 0.2) is 36.4 Å². The average molecular weight is 292 g/mol. The minimum Gasteiger partial charge on any atom is -0.497 e. The molecule has 116 valence electrons. The summed E-state index contributed by atoms with van der Waals surface area (Å²) in [6, 6.07) is 7.89. The molecular weight excluding hydrogens is 268 g/mol. The Bertz CT molecular complexity index is 407. The van der Waals surface area contributed by atoms with Crippen molar-refractivity contribution < 1.29 is 18.9 Å². The summed E-state index contributed by atoms with van der Waals surface area (Å²) in [6.45, 7) is 2.58. The Morgan fingerprint density at radius 2 is 1.95 bits per heavy atom. The van der Waals surface area contributed by atoms with Crippen molar-refractivity contribution in [3.63, 3.8) is 0 Å². The van der Waals surface area contributed by atoms with Gasteiger partial charge in [-0.25, -0.2) is 0 Å². The molecule has 2 rings (SSSR count). The Labute approximate surface area is 126 Å². The fraction of sp³-hybridized carbons (Fsp3) is 0.529. The van der Waals surface area contributed by atoms with E-state index in [1.807, 2.05) is 36.4 Å². The first-order chi connectivity index (χ1) is 10.4. The zero-order chi connectivity index (χ0) is 14.8. The lowest BCUT2D eigenvalue weighted by Crippen LogP contribution is -2.22. The van der Waals surface area contributed by atoms with Crippen LogP contribution in [-0.2, 0) is 20.8 Å². The third kappa shape index (κ3) is 6.29. The Kier molecular flexibility index (Phi) is 7.29. The van der Waals surface area contributed by atoms with Crippen molar-refractivity contribution in [2.45, 2.75) is 32.2 Å². The van der Waals surface area contributed by atoms with E-state index in [1.165, 1.54) is 6.42 Å². The first-order valence-corrected chi connectivity index (χ1v) is 7.47. The molecule has 1 heterocycles. The molecule has 0 aromatic heterocycles. The van der Waals surface area contributed by atoms with Gasteiger partial charge in [0.05, 0.1) is 26.9 Å². The molecule has 21 heavy (non-hydrogen) atoms. The molecule has 1 aromatic carbocycles. The Morgan fingerprint density at radius 3 is 2.67 bits per heavy atom. The highest BCUT2D eigenvalue weighted by Gasteiger charge is 2.12. The maximum absolute atomic E-state index is 5.59. The van der Waals surface area contributed by atoms with Crippen LogP contribution in [0.1, 0.15) is 24.8 Å². The summed E-state index contributed by atoms with van der Waals surface area (Å²) in [5.74, 6) is 0.862. The van der Waals surface area contributed by atoms with Crippen LogP contribution in [0.4, 0.5) is 0 Å². The van der Waals surface area contributed by atoms with Crippen LogP contribution in [0.5, 0.6) is 5.75 Å². The van der Waals surface area contributed by atoms with Crippen molar-refractivity contribution in [1.82, 2.24) is 0 Å². The third-order valence-electron chi connectivity index (χ3n) is 3.32. The Balaban J connectivity index is 1.53. The highest BCUT2D eigenvalue weighted by atomic mass is 16.7. The van der Waals surface area contributed by atoms with Crippen molar-refractivity contribution in [2.24, 2.45) is 0 Å². The number of methoxy groups -OCH3 is 1. The molecule has 1 saturated heterocycles. The maximum Gasteiger partial charge on any atom is 0.157 e. The molecule has 0 saturated carbocycles. The monoisotopic (exact) mass is 292 g/mol. The van der Waals surface area contributed by atoms with Gasteiger partial charge in [-0.05, 0) is 37.0 Å². The first kappa shape index (κ1) is 16.0. The zero-order valence-corrected chi connectivity index (χ0v) is 12.6. The van der Waals surface area contributed by atoms with Gasteiger partial charge in [-0.15, -0.1) is 0 Å². The second-order valence-corrected chi connectivity index (χ2v) is 4.96. The Hall–Kier alpha value is -1.36. The van der Waals surface area contributed by atoms with Crippen molar-refractivity contribution in [3.8, 4) is 5.75 Å². The minimum absolute atomic E-state index is 0.0244. The summed E-state index contributed by atoms with van der Waals surface area (Å²) in [4.78, 5) is 0. The quantitative estimate of drug-likeness (QED) is 0.544. The molecule has 0 N–H and O–H groups in total. The van der Waals surface area contributed by atoms with Gasteiger partial charge in [0.1, 0.15) is 5.75 Å². The number of ether oxygens (including phenoxy) is 4. The lowest BCUT2D eigenvalue weighted by Gasteiger charge is -2.21. The predicted molar refractivity (Wildman–Crippen MR) is 81.3 cm³/mol. The molecule has 1 fully saturated rings. The van der Waals surface area contributed by atoms with Gasteiger partial charge < -0.3 is 18.9 Å². The molecule has 1 aliphatic heterocycles. The largest absolute Gasteiger partial charge is 0.497 e. The molecule has 1 unspecified atom stereocenters. The number of hydrogen-bond acceptors (Lipinski definition) is 4. The van der Waals surface area contributed by atoms with Crippen LogP contribution in [-0.4, -0.2) is 33.2 Å². The summed E-state index contributed by atoms with van der Waals surface area (Å²) in [7, 11) is 1.66. The van der Waals surface area contributed by atoms with Crippen molar-refractivity contribution in [3.05, 3.63) is 42.0 Å². The highest BCUT2D eigenvalue weighted by Crippen LogP contribution is 2.13. The van der Waals surface area contributed by atoms with E-state index in [0.717, 1.165) is 30.8 Å². The first-order valence-electron chi connectivity index (χ1n) is 7.47. The maximum atomic E-state index is 5.59. The predicted octanol–water partition coefficient (Wildman–Crippen LogP) is 3.31. The van der Waals surface area contributed by atoms with Gasteiger partial charge in [0, 0.05) is 6.61 Å². The Morgan fingerprint density at radius 1 is 1.14 bits per heavy atom. The van der Waals surface area contributed by atoms with Gasteiger partial charge in [-0.3, -0.25) is 0 Å². The summed E-state index contributed by atoms with van der Waals surface area (Å²) in [5, 5.41) is 0. The van der Waals surface area contributed by atoms with Crippen LogP contribution < -0.4 is 4.74 Å². The molecule has 0 aliphatic carbocycles. The van der Waals surface area contributed by atoms with Gasteiger partial charge in [-0.2, -0.15) is 0 Å². The van der Waals surface area contributed by atoms with E-state index in [1.54, 1.807) is 7.11 Å². The van der Waals surface area contributed by atoms with Crippen LogP contribution in [0.25, 0.3) is 0 Å². The summed E-state index contributed by atoms with van der Waals surface area (Å²) >= 11 is 0. The fourth-order valence-corrected chi connectivity index (χ4v) is 2.11. The topological polar surface area (TPSA) is 36.9 Å². The summed E-state index contributed by atoms with van der Waals surface area (Å²) in [5.41, 5.74) is 1.14. The van der Waals surface area contributed by atoms with E-state index in [-0.39, 0.29) is 6.29 Å². The van der Waals surface area contributed by atoms with Gasteiger partial charge in [0.15, 0.2) is 6.29 Å². The highest BCUT2D eigenvalue weighted by molar-refractivity contribution is 5.26.